The van der Waals surface area contributed by atoms with E-state index in [4.69, 9.17) is 0 Å². The largest absolute Gasteiger partial charge is 0.151 e. The third kappa shape index (κ3) is 4.53. The van der Waals surface area contributed by atoms with E-state index in [1.807, 2.05) is 39.0 Å². The number of azo groups is 1. The topological polar surface area (TPSA) is 24.7 Å². The van der Waals surface area contributed by atoms with Crippen LogP contribution < -0.4 is 0 Å². The van der Waals surface area contributed by atoms with Crippen LogP contribution >= 0.6 is 0 Å². The van der Waals surface area contributed by atoms with Crippen LogP contribution in [0, 0.1) is 6.92 Å². The number of hydrogen-bond acceptors (Lipinski definition) is 2. The van der Waals surface area contributed by atoms with Gasteiger partial charge in [-0.3, -0.25) is 0 Å². The molecule has 2 aromatic carbocycles. The SMILES string of the molecule is C=C/C=C(\C=C)N=Nc1cc2ccccc2cc1C.CC. The van der Waals surface area contributed by atoms with E-state index in [-0.39, 0.29) is 0 Å². The predicted octanol–water partition coefficient (Wildman–Crippen LogP) is 6.51. The third-order valence-corrected chi connectivity index (χ3v) is 2.84. The normalized spacial score (nSPS) is 11.1. The van der Waals surface area contributed by atoms with Gasteiger partial charge in [-0.25, -0.2) is 0 Å². The molecule has 0 atom stereocenters. The molecule has 0 amide bonds. The predicted molar refractivity (Wildman–Crippen MR) is 93.0 cm³/mol. The molecule has 108 valence electrons. The van der Waals surface area contributed by atoms with E-state index in [1.54, 1.807) is 18.2 Å². The number of benzene rings is 2. The van der Waals surface area contributed by atoms with Crippen LogP contribution in [0.2, 0.25) is 0 Å². The fraction of sp³-hybridized carbons (Fsp3) is 0.158. The molecule has 2 rings (SSSR count). The number of hydrogen-bond donors (Lipinski definition) is 0. The maximum Gasteiger partial charge on any atom is 0.0892 e. The molecule has 0 spiro atoms. The average molecular weight is 278 g/mol. The van der Waals surface area contributed by atoms with Crippen molar-refractivity contribution >= 4 is 16.5 Å². The molecule has 0 N–H and O–H groups in total. The Hall–Kier alpha value is -2.48. The van der Waals surface area contributed by atoms with Gasteiger partial charge in [-0.2, -0.15) is 10.2 Å². The Kier molecular flexibility index (Phi) is 6.82. The average Bonchev–Trinajstić information content (AvgIpc) is 2.53. The molecule has 2 nitrogen and oxygen atoms in total. The number of fused-ring (bicyclic) bond motifs is 1. The minimum atomic E-state index is 0.697. The first kappa shape index (κ1) is 16.6. The first-order chi connectivity index (χ1) is 10.2. The fourth-order valence-corrected chi connectivity index (χ4v) is 1.82. The zero-order valence-electron chi connectivity index (χ0n) is 13.0. The molecule has 0 aliphatic rings. The number of nitrogens with zero attached hydrogens (tertiary/aromatic N) is 2. The third-order valence-electron chi connectivity index (χ3n) is 2.84. The lowest BCUT2D eigenvalue weighted by Crippen LogP contribution is -1.77. The summed E-state index contributed by atoms with van der Waals surface area (Å²) < 4.78 is 0. The second-order valence-corrected chi connectivity index (χ2v) is 4.22. The first-order valence-electron chi connectivity index (χ1n) is 7.11. The van der Waals surface area contributed by atoms with Crippen molar-refractivity contribution in [1.29, 1.82) is 0 Å². The molecule has 0 aromatic heterocycles. The summed E-state index contributed by atoms with van der Waals surface area (Å²) in [6, 6.07) is 12.4. The van der Waals surface area contributed by atoms with E-state index in [9.17, 15) is 0 Å². The Balaban J connectivity index is 0.00000106. The van der Waals surface area contributed by atoms with E-state index < -0.39 is 0 Å². The van der Waals surface area contributed by atoms with Crippen LogP contribution in [0.4, 0.5) is 5.69 Å². The van der Waals surface area contributed by atoms with E-state index in [2.05, 4.69) is 41.6 Å². The lowest BCUT2D eigenvalue weighted by molar-refractivity contribution is 1.16. The van der Waals surface area contributed by atoms with Gasteiger partial charge in [-0.15, -0.1) is 0 Å². The molecule has 0 aliphatic heterocycles. The van der Waals surface area contributed by atoms with Crippen LogP contribution in [0.3, 0.4) is 0 Å². The second-order valence-electron chi connectivity index (χ2n) is 4.22. The van der Waals surface area contributed by atoms with Crippen LogP contribution in [0.25, 0.3) is 10.8 Å². The highest BCUT2D eigenvalue weighted by molar-refractivity contribution is 5.86. The van der Waals surface area contributed by atoms with E-state index in [1.165, 1.54) is 5.39 Å². The van der Waals surface area contributed by atoms with Crippen molar-refractivity contribution < 1.29 is 0 Å². The first-order valence-corrected chi connectivity index (χ1v) is 7.11. The Morgan fingerprint density at radius 1 is 1.05 bits per heavy atom. The zero-order chi connectivity index (χ0) is 15.7. The Bertz CT molecular complexity index is 679. The monoisotopic (exact) mass is 278 g/mol. The lowest BCUT2D eigenvalue weighted by Gasteiger charge is -2.03. The molecular weight excluding hydrogens is 256 g/mol. The van der Waals surface area contributed by atoms with Crippen LogP contribution in [0.15, 0.2) is 83.7 Å². The van der Waals surface area contributed by atoms with Crippen molar-refractivity contribution in [3.05, 3.63) is 79.0 Å². The molecular formula is C19H22N2. The minimum Gasteiger partial charge on any atom is -0.151 e. The van der Waals surface area contributed by atoms with E-state index in [0.29, 0.717) is 5.70 Å². The number of aryl methyl sites for hydroxylation is 1. The van der Waals surface area contributed by atoms with Crippen LogP contribution in [-0.4, -0.2) is 0 Å². The molecule has 0 radical (unpaired) electrons. The zero-order valence-corrected chi connectivity index (χ0v) is 13.0. The summed E-state index contributed by atoms with van der Waals surface area (Å²) in [6.07, 6.45) is 5.09. The highest BCUT2D eigenvalue weighted by atomic mass is 15.1. The van der Waals surface area contributed by atoms with E-state index in [0.717, 1.165) is 16.6 Å². The number of rotatable bonds is 4. The van der Waals surface area contributed by atoms with Gasteiger partial charge in [0.2, 0.25) is 0 Å². The van der Waals surface area contributed by atoms with Gasteiger partial charge < -0.3 is 0 Å². The molecule has 0 saturated heterocycles. The van der Waals surface area contributed by atoms with Crippen LogP contribution in [0.1, 0.15) is 19.4 Å². The lowest BCUT2D eigenvalue weighted by atomic mass is 10.1. The highest BCUT2D eigenvalue weighted by Gasteiger charge is 2.00. The van der Waals surface area contributed by atoms with Gasteiger partial charge in [0.1, 0.15) is 0 Å². The van der Waals surface area contributed by atoms with Crippen molar-refractivity contribution in [2.24, 2.45) is 10.2 Å². The molecule has 0 saturated carbocycles. The van der Waals surface area contributed by atoms with Crippen molar-refractivity contribution in [1.82, 2.24) is 0 Å². The smallest absolute Gasteiger partial charge is 0.0892 e. The Labute approximate surface area is 127 Å². The molecule has 0 bridgehead atoms. The van der Waals surface area contributed by atoms with Gasteiger partial charge in [-0.05, 0) is 47.5 Å². The molecule has 0 aliphatic carbocycles. The standard InChI is InChI=1S/C17H16N2.C2H6/c1-4-8-16(5-2)18-19-17-12-15-10-7-6-9-14(15)11-13(17)3;1-2/h4-12H,1-2H2,3H3;1-2H3/b16-8+,19-18?;. The molecule has 2 aromatic rings. The molecule has 0 fully saturated rings. The van der Waals surface area contributed by atoms with Crippen LogP contribution in [0.5, 0.6) is 0 Å². The molecule has 0 heterocycles. The van der Waals surface area contributed by atoms with Gasteiger partial charge >= 0.3 is 0 Å². The summed E-state index contributed by atoms with van der Waals surface area (Å²) in [6.45, 7) is 13.4. The van der Waals surface area contributed by atoms with Crippen molar-refractivity contribution in [3.8, 4) is 0 Å². The summed E-state index contributed by atoms with van der Waals surface area (Å²) in [4.78, 5) is 0. The van der Waals surface area contributed by atoms with Crippen molar-refractivity contribution in [3.63, 3.8) is 0 Å². The Morgan fingerprint density at radius 3 is 2.24 bits per heavy atom. The molecule has 21 heavy (non-hydrogen) atoms. The minimum absolute atomic E-state index is 0.697. The summed E-state index contributed by atoms with van der Waals surface area (Å²) >= 11 is 0. The summed E-state index contributed by atoms with van der Waals surface area (Å²) in [5.41, 5.74) is 2.67. The number of allylic oxidation sites excluding steroid dienone is 3. The fourth-order valence-electron chi connectivity index (χ4n) is 1.82. The van der Waals surface area contributed by atoms with Gasteiger partial charge in [0, 0.05) is 0 Å². The maximum absolute atomic E-state index is 4.28. The molecule has 0 unspecified atom stereocenters. The van der Waals surface area contributed by atoms with Gasteiger partial charge in [0.05, 0.1) is 11.4 Å². The molecule has 2 heteroatoms. The van der Waals surface area contributed by atoms with Crippen molar-refractivity contribution in [2.45, 2.75) is 20.8 Å². The quantitative estimate of drug-likeness (QED) is 0.449. The van der Waals surface area contributed by atoms with Crippen molar-refractivity contribution in [2.75, 3.05) is 0 Å². The maximum atomic E-state index is 4.28. The summed E-state index contributed by atoms with van der Waals surface area (Å²) in [7, 11) is 0. The second kappa shape index (κ2) is 8.64. The Morgan fingerprint density at radius 2 is 1.67 bits per heavy atom. The summed E-state index contributed by atoms with van der Waals surface area (Å²) in [5, 5.41) is 10.8. The van der Waals surface area contributed by atoms with Gasteiger partial charge in [0.15, 0.2) is 0 Å². The van der Waals surface area contributed by atoms with Gasteiger partial charge in [0.25, 0.3) is 0 Å². The van der Waals surface area contributed by atoms with Crippen LogP contribution in [-0.2, 0) is 0 Å². The van der Waals surface area contributed by atoms with Gasteiger partial charge in [-0.1, -0.05) is 57.3 Å². The van der Waals surface area contributed by atoms with E-state index >= 15 is 0 Å². The highest BCUT2D eigenvalue weighted by Crippen LogP contribution is 2.26. The summed E-state index contributed by atoms with van der Waals surface area (Å²) in [5.74, 6) is 0.